The van der Waals surface area contributed by atoms with Gasteiger partial charge in [-0.05, 0) is 44.9 Å². The van der Waals surface area contributed by atoms with Crippen molar-refractivity contribution in [2.45, 2.75) is 47.4 Å². The average Bonchev–Trinajstić information content (AvgIpc) is 3.27. The van der Waals surface area contributed by atoms with Crippen LogP contribution >= 0.6 is 0 Å². The molecule has 1 aromatic carbocycles. The number of hydrogen-bond donors (Lipinski definition) is 1. The zero-order chi connectivity index (χ0) is 19.4. The van der Waals surface area contributed by atoms with Crippen LogP contribution in [0.15, 0.2) is 35.1 Å². The molecule has 1 amide bonds. The van der Waals surface area contributed by atoms with E-state index in [1.165, 1.54) is 0 Å². The number of nitrogens with one attached hydrogen (secondary N) is 1. The molecule has 3 rings (SSSR count). The van der Waals surface area contributed by atoms with Gasteiger partial charge in [0.15, 0.2) is 5.69 Å². The van der Waals surface area contributed by atoms with Crippen LogP contribution in [0.2, 0.25) is 0 Å². The molecule has 142 valence electrons. The fourth-order valence-electron chi connectivity index (χ4n) is 2.69. The maximum atomic E-state index is 12.5. The van der Waals surface area contributed by atoms with Crippen molar-refractivity contribution in [3.63, 3.8) is 0 Å². The van der Waals surface area contributed by atoms with Crippen molar-refractivity contribution >= 4 is 5.91 Å². The molecule has 7 nitrogen and oxygen atoms in total. The highest BCUT2D eigenvalue weighted by atomic mass is 16.5. The Morgan fingerprint density at radius 1 is 1.30 bits per heavy atom. The van der Waals surface area contributed by atoms with Crippen molar-refractivity contribution in [2.75, 3.05) is 0 Å². The van der Waals surface area contributed by atoms with Crippen LogP contribution in [0.4, 0.5) is 0 Å². The average molecular weight is 368 g/mol. The summed E-state index contributed by atoms with van der Waals surface area (Å²) in [5, 5.41) is 11.0. The molecule has 3 aromatic rings. The third kappa shape index (κ3) is 4.36. The van der Waals surface area contributed by atoms with Crippen molar-refractivity contribution in [3.8, 4) is 5.75 Å². The highest BCUT2D eigenvalue weighted by Crippen LogP contribution is 2.22. The molecule has 7 heteroatoms. The number of benzene rings is 1. The summed E-state index contributed by atoms with van der Waals surface area (Å²) >= 11 is 0. The van der Waals surface area contributed by atoms with Gasteiger partial charge < -0.3 is 14.6 Å². The van der Waals surface area contributed by atoms with Gasteiger partial charge in [0.25, 0.3) is 5.91 Å². The van der Waals surface area contributed by atoms with Gasteiger partial charge in [-0.15, -0.1) is 0 Å². The Hall–Kier alpha value is -3.09. The summed E-state index contributed by atoms with van der Waals surface area (Å²) in [5.41, 5.74) is 3.98. The molecular formula is C20H24N4O3. The van der Waals surface area contributed by atoms with Crippen molar-refractivity contribution in [3.05, 3.63) is 64.3 Å². The van der Waals surface area contributed by atoms with Crippen molar-refractivity contribution in [2.24, 2.45) is 0 Å². The molecule has 0 atom stereocenters. The standard InChI is InChI=1S/C20H24N4O3/c1-5-24-11-16(10-22-24)9-21-20(25)19-17(15(4)27-23-19)12-26-18-8-13(2)6-7-14(18)3/h6-8,10-11H,5,9,12H2,1-4H3,(H,21,25). The minimum absolute atomic E-state index is 0.218. The quantitative estimate of drug-likeness (QED) is 0.692. The molecule has 0 aliphatic carbocycles. The molecule has 2 aromatic heterocycles. The second-order valence-electron chi connectivity index (χ2n) is 6.51. The molecular weight excluding hydrogens is 344 g/mol. The lowest BCUT2D eigenvalue weighted by Crippen LogP contribution is -2.24. The fraction of sp³-hybridized carbons (Fsp3) is 0.350. The second kappa shape index (κ2) is 8.07. The van der Waals surface area contributed by atoms with Crippen LogP contribution in [0.1, 0.15) is 45.4 Å². The first-order chi connectivity index (χ1) is 13.0. The smallest absolute Gasteiger partial charge is 0.274 e. The summed E-state index contributed by atoms with van der Waals surface area (Å²) in [6.45, 7) is 9.16. The molecule has 0 unspecified atom stereocenters. The molecule has 0 radical (unpaired) electrons. The normalized spacial score (nSPS) is 10.8. The van der Waals surface area contributed by atoms with Crippen molar-refractivity contribution < 1.29 is 14.1 Å². The predicted molar refractivity (Wildman–Crippen MR) is 101 cm³/mol. The van der Waals surface area contributed by atoms with Gasteiger partial charge in [-0.3, -0.25) is 9.48 Å². The molecule has 0 saturated carbocycles. The first-order valence-electron chi connectivity index (χ1n) is 8.92. The SMILES string of the molecule is CCn1cc(CNC(=O)c2noc(C)c2COc2cc(C)ccc2C)cn1. The van der Waals surface area contributed by atoms with Crippen LogP contribution in [-0.2, 0) is 19.7 Å². The summed E-state index contributed by atoms with van der Waals surface area (Å²) in [4.78, 5) is 12.5. The molecule has 0 spiro atoms. The molecule has 0 saturated heterocycles. The van der Waals surface area contributed by atoms with Gasteiger partial charge in [0, 0.05) is 24.8 Å². The summed E-state index contributed by atoms with van der Waals surface area (Å²) in [6, 6.07) is 6.02. The van der Waals surface area contributed by atoms with Crippen LogP contribution in [0.5, 0.6) is 5.75 Å². The maximum absolute atomic E-state index is 12.5. The number of rotatable bonds is 7. The minimum Gasteiger partial charge on any atom is -0.488 e. The van der Waals surface area contributed by atoms with Gasteiger partial charge in [0.1, 0.15) is 18.1 Å². The largest absolute Gasteiger partial charge is 0.488 e. The van der Waals surface area contributed by atoms with E-state index in [-0.39, 0.29) is 18.2 Å². The number of carbonyl (C=O) groups excluding carboxylic acids is 1. The molecule has 27 heavy (non-hydrogen) atoms. The Morgan fingerprint density at radius 2 is 2.11 bits per heavy atom. The van der Waals surface area contributed by atoms with E-state index in [1.807, 2.05) is 49.8 Å². The monoisotopic (exact) mass is 368 g/mol. The number of hydrogen-bond acceptors (Lipinski definition) is 5. The van der Waals surface area contributed by atoms with Gasteiger partial charge in [-0.1, -0.05) is 17.3 Å². The lowest BCUT2D eigenvalue weighted by molar-refractivity contribution is 0.0939. The van der Waals surface area contributed by atoms with E-state index in [0.717, 1.165) is 29.0 Å². The minimum atomic E-state index is -0.296. The van der Waals surface area contributed by atoms with Crippen LogP contribution in [0.3, 0.4) is 0 Å². The lowest BCUT2D eigenvalue weighted by Gasteiger charge is -2.10. The van der Waals surface area contributed by atoms with E-state index < -0.39 is 0 Å². The fourth-order valence-corrected chi connectivity index (χ4v) is 2.69. The highest BCUT2D eigenvalue weighted by molar-refractivity contribution is 5.93. The zero-order valence-corrected chi connectivity index (χ0v) is 16.1. The summed E-state index contributed by atoms with van der Waals surface area (Å²) in [6.07, 6.45) is 3.64. The second-order valence-corrected chi connectivity index (χ2v) is 6.51. The molecule has 0 aliphatic rings. The summed E-state index contributed by atoms with van der Waals surface area (Å²) in [7, 11) is 0. The van der Waals surface area contributed by atoms with Crippen LogP contribution in [0, 0.1) is 20.8 Å². The van der Waals surface area contributed by atoms with Crippen LogP contribution in [-0.4, -0.2) is 20.8 Å². The maximum Gasteiger partial charge on any atom is 0.274 e. The van der Waals surface area contributed by atoms with E-state index in [9.17, 15) is 4.79 Å². The Bertz CT molecular complexity index is 943. The Kier molecular flexibility index (Phi) is 5.59. The number of nitrogens with zero attached hydrogens (tertiary/aromatic N) is 3. The van der Waals surface area contributed by atoms with Gasteiger partial charge in [-0.2, -0.15) is 5.10 Å². The van der Waals surface area contributed by atoms with Crippen LogP contribution in [0.25, 0.3) is 0 Å². The molecule has 0 bridgehead atoms. The Labute approximate surface area is 158 Å². The number of aromatic nitrogens is 3. The molecule has 1 N–H and O–H groups in total. The summed E-state index contributed by atoms with van der Waals surface area (Å²) < 4.78 is 13.0. The van der Waals surface area contributed by atoms with Gasteiger partial charge in [-0.25, -0.2) is 0 Å². The van der Waals surface area contributed by atoms with Gasteiger partial charge in [0.05, 0.1) is 11.8 Å². The van der Waals surface area contributed by atoms with Crippen molar-refractivity contribution in [1.29, 1.82) is 0 Å². The first-order valence-corrected chi connectivity index (χ1v) is 8.92. The number of amides is 1. The first kappa shape index (κ1) is 18.7. The van der Waals surface area contributed by atoms with Crippen molar-refractivity contribution in [1.82, 2.24) is 20.3 Å². The van der Waals surface area contributed by atoms with E-state index in [4.69, 9.17) is 9.26 Å². The van der Waals surface area contributed by atoms with E-state index in [2.05, 4.69) is 15.6 Å². The lowest BCUT2D eigenvalue weighted by atomic mass is 10.1. The molecule has 0 fully saturated rings. The van der Waals surface area contributed by atoms with Gasteiger partial charge in [0.2, 0.25) is 0 Å². The number of aryl methyl sites for hydroxylation is 4. The van der Waals surface area contributed by atoms with Crippen LogP contribution < -0.4 is 10.1 Å². The third-order valence-electron chi connectivity index (χ3n) is 4.38. The Balaban J connectivity index is 1.68. The van der Waals surface area contributed by atoms with E-state index in [0.29, 0.717) is 17.9 Å². The van der Waals surface area contributed by atoms with Gasteiger partial charge >= 0.3 is 0 Å². The Morgan fingerprint density at radius 3 is 2.85 bits per heavy atom. The number of carbonyl (C=O) groups is 1. The number of ether oxygens (including phenoxy) is 1. The molecule has 0 aliphatic heterocycles. The summed E-state index contributed by atoms with van der Waals surface area (Å²) in [5.74, 6) is 1.06. The van der Waals surface area contributed by atoms with E-state index >= 15 is 0 Å². The molecule has 2 heterocycles. The van der Waals surface area contributed by atoms with E-state index in [1.54, 1.807) is 13.1 Å². The third-order valence-corrected chi connectivity index (χ3v) is 4.38. The topological polar surface area (TPSA) is 82.2 Å². The highest BCUT2D eigenvalue weighted by Gasteiger charge is 2.20. The zero-order valence-electron chi connectivity index (χ0n) is 16.1. The predicted octanol–water partition coefficient (Wildman–Crippen LogP) is 3.33.